The molecule has 0 unspecified atom stereocenters. The maximum atomic E-state index is 11.6. The number of rotatable bonds is 3. The van der Waals surface area contributed by atoms with Gasteiger partial charge in [-0.2, -0.15) is 0 Å². The van der Waals surface area contributed by atoms with Gasteiger partial charge < -0.3 is 9.55 Å². The Morgan fingerprint density at radius 2 is 2.24 bits per heavy atom. The second kappa shape index (κ2) is 4.53. The quantitative estimate of drug-likeness (QED) is 0.869. The number of hydrogen-bond acceptors (Lipinski definition) is 3. The minimum absolute atomic E-state index is 0.131. The normalized spacial score (nSPS) is 11.1. The molecule has 0 saturated heterocycles. The first kappa shape index (κ1) is 11.6. The fourth-order valence-corrected chi connectivity index (χ4v) is 1.73. The Hall–Kier alpha value is -1.91. The van der Waals surface area contributed by atoms with Gasteiger partial charge in [-0.05, 0) is 12.3 Å². The Kier molecular flexibility index (Phi) is 3.08. The van der Waals surface area contributed by atoms with E-state index in [1.54, 1.807) is 12.3 Å². The van der Waals surface area contributed by atoms with Crippen LogP contribution in [0.2, 0.25) is 0 Å². The molecule has 0 fully saturated rings. The molecular formula is C12H16N4O. The number of imidazole rings is 1. The van der Waals surface area contributed by atoms with Gasteiger partial charge in [0.1, 0.15) is 0 Å². The highest BCUT2D eigenvalue weighted by molar-refractivity contribution is 5.43. The molecule has 5 heteroatoms. The first-order valence-corrected chi connectivity index (χ1v) is 5.64. The van der Waals surface area contributed by atoms with E-state index in [4.69, 9.17) is 0 Å². The van der Waals surface area contributed by atoms with Crippen molar-refractivity contribution in [3.8, 4) is 11.6 Å². The van der Waals surface area contributed by atoms with Gasteiger partial charge >= 0.3 is 0 Å². The predicted octanol–water partition coefficient (Wildman–Crippen LogP) is 1.37. The van der Waals surface area contributed by atoms with Crippen LogP contribution in [0.4, 0.5) is 0 Å². The van der Waals surface area contributed by atoms with Crippen molar-refractivity contribution in [1.82, 2.24) is 19.5 Å². The van der Waals surface area contributed by atoms with Crippen LogP contribution in [-0.4, -0.2) is 19.5 Å². The maximum Gasteiger partial charge on any atom is 0.251 e. The van der Waals surface area contributed by atoms with E-state index in [0.29, 0.717) is 17.6 Å². The Labute approximate surface area is 99.6 Å². The molecule has 0 saturated carbocycles. The second-order valence-corrected chi connectivity index (χ2v) is 4.55. The molecule has 5 nitrogen and oxygen atoms in total. The first-order valence-electron chi connectivity index (χ1n) is 5.64. The summed E-state index contributed by atoms with van der Waals surface area (Å²) in [7, 11) is 1.87. The molecule has 2 aromatic heterocycles. The smallest absolute Gasteiger partial charge is 0.251 e. The summed E-state index contributed by atoms with van der Waals surface area (Å²) in [5, 5.41) is 0. The second-order valence-electron chi connectivity index (χ2n) is 4.55. The Balaban J connectivity index is 2.45. The molecule has 0 aromatic carbocycles. The summed E-state index contributed by atoms with van der Waals surface area (Å²) in [6.07, 6.45) is 4.30. The number of aryl methyl sites for hydroxylation is 1. The molecule has 90 valence electrons. The van der Waals surface area contributed by atoms with Crippen molar-refractivity contribution in [1.29, 1.82) is 0 Å². The van der Waals surface area contributed by atoms with Gasteiger partial charge in [0.2, 0.25) is 0 Å². The SMILES string of the molecule is CC(C)Cc1cc(=O)[nH]c(-c2nccn2C)n1. The fourth-order valence-electron chi connectivity index (χ4n) is 1.73. The van der Waals surface area contributed by atoms with E-state index >= 15 is 0 Å². The summed E-state index contributed by atoms with van der Waals surface area (Å²) in [5.41, 5.74) is 0.676. The van der Waals surface area contributed by atoms with E-state index in [9.17, 15) is 4.79 Å². The fraction of sp³-hybridized carbons (Fsp3) is 0.417. The van der Waals surface area contributed by atoms with E-state index in [2.05, 4.69) is 28.8 Å². The molecule has 2 heterocycles. The molecule has 0 atom stereocenters. The van der Waals surface area contributed by atoms with E-state index in [0.717, 1.165) is 12.1 Å². The summed E-state index contributed by atoms with van der Waals surface area (Å²) in [5.74, 6) is 1.67. The van der Waals surface area contributed by atoms with Gasteiger partial charge in [-0.25, -0.2) is 9.97 Å². The zero-order chi connectivity index (χ0) is 12.4. The zero-order valence-electron chi connectivity index (χ0n) is 10.3. The van der Waals surface area contributed by atoms with Crippen molar-refractivity contribution >= 4 is 0 Å². The molecule has 17 heavy (non-hydrogen) atoms. The topological polar surface area (TPSA) is 63.6 Å². The minimum atomic E-state index is -0.131. The van der Waals surface area contributed by atoms with Crippen LogP contribution < -0.4 is 5.56 Å². The van der Waals surface area contributed by atoms with Gasteiger partial charge in [0.05, 0.1) is 0 Å². The highest BCUT2D eigenvalue weighted by Gasteiger charge is 2.09. The third-order valence-corrected chi connectivity index (χ3v) is 2.45. The van der Waals surface area contributed by atoms with Crippen molar-refractivity contribution < 1.29 is 0 Å². The number of aromatic nitrogens is 4. The first-order chi connectivity index (χ1) is 8.06. The molecule has 0 radical (unpaired) electrons. The van der Waals surface area contributed by atoms with Gasteiger partial charge in [-0.3, -0.25) is 4.79 Å². The average molecular weight is 232 g/mol. The third-order valence-electron chi connectivity index (χ3n) is 2.45. The standard InChI is InChI=1S/C12H16N4O/c1-8(2)6-9-7-10(17)15-11(14-9)12-13-4-5-16(12)3/h4-5,7-8H,6H2,1-3H3,(H,14,15,17). The minimum Gasteiger partial charge on any atom is -0.331 e. The molecule has 2 rings (SSSR count). The van der Waals surface area contributed by atoms with E-state index in [-0.39, 0.29) is 5.56 Å². The molecule has 0 bridgehead atoms. The summed E-state index contributed by atoms with van der Waals surface area (Å²) >= 11 is 0. The van der Waals surface area contributed by atoms with Crippen LogP contribution in [0.5, 0.6) is 0 Å². The predicted molar refractivity (Wildman–Crippen MR) is 65.6 cm³/mol. The van der Waals surface area contributed by atoms with Crippen LogP contribution in [0.1, 0.15) is 19.5 Å². The molecule has 0 amide bonds. The van der Waals surface area contributed by atoms with Crippen molar-refractivity contribution in [3.05, 3.63) is 34.5 Å². The van der Waals surface area contributed by atoms with E-state index < -0.39 is 0 Å². The number of aromatic amines is 1. The van der Waals surface area contributed by atoms with Crippen molar-refractivity contribution in [2.75, 3.05) is 0 Å². The lowest BCUT2D eigenvalue weighted by Gasteiger charge is -2.06. The summed E-state index contributed by atoms with van der Waals surface area (Å²) < 4.78 is 1.83. The van der Waals surface area contributed by atoms with Crippen LogP contribution in [0, 0.1) is 5.92 Å². The van der Waals surface area contributed by atoms with Crippen LogP contribution >= 0.6 is 0 Å². The highest BCUT2D eigenvalue weighted by atomic mass is 16.1. The van der Waals surface area contributed by atoms with E-state index in [1.807, 2.05) is 17.8 Å². The molecule has 1 N–H and O–H groups in total. The lowest BCUT2D eigenvalue weighted by atomic mass is 10.1. The molecule has 0 aliphatic carbocycles. The van der Waals surface area contributed by atoms with Gasteiger partial charge in [0, 0.05) is 31.2 Å². The molecule has 2 aromatic rings. The summed E-state index contributed by atoms with van der Waals surface area (Å²) in [6.45, 7) is 4.20. The number of nitrogens with zero attached hydrogens (tertiary/aromatic N) is 3. The number of nitrogens with one attached hydrogen (secondary N) is 1. The number of hydrogen-bond donors (Lipinski definition) is 1. The van der Waals surface area contributed by atoms with Gasteiger partial charge in [-0.1, -0.05) is 13.8 Å². The molecular weight excluding hydrogens is 216 g/mol. The summed E-state index contributed by atoms with van der Waals surface area (Å²) in [4.78, 5) is 22.9. The zero-order valence-corrected chi connectivity index (χ0v) is 10.3. The number of H-pyrrole nitrogens is 1. The van der Waals surface area contributed by atoms with Crippen molar-refractivity contribution in [3.63, 3.8) is 0 Å². The monoisotopic (exact) mass is 232 g/mol. The Morgan fingerprint density at radius 1 is 1.47 bits per heavy atom. The third kappa shape index (κ3) is 2.61. The average Bonchev–Trinajstić information content (AvgIpc) is 2.62. The lowest BCUT2D eigenvalue weighted by molar-refractivity contribution is 0.633. The Bertz CT molecular complexity index is 568. The highest BCUT2D eigenvalue weighted by Crippen LogP contribution is 2.11. The van der Waals surface area contributed by atoms with E-state index in [1.165, 1.54) is 0 Å². The van der Waals surface area contributed by atoms with Crippen molar-refractivity contribution in [2.24, 2.45) is 13.0 Å². The van der Waals surface area contributed by atoms with Crippen LogP contribution in [0.15, 0.2) is 23.3 Å². The van der Waals surface area contributed by atoms with Crippen LogP contribution in [-0.2, 0) is 13.5 Å². The maximum absolute atomic E-state index is 11.6. The van der Waals surface area contributed by atoms with Gasteiger partial charge in [0.15, 0.2) is 11.6 Å². The van der Waals surface area contributed by atoms with Crippen LogP contribution in [0.3, 0.4) is 0 Å². The molecule has 0 spiro atoms. The van der Waals surface area contributed by atoms with Crippen LogP contribution in [0.25, 0.3) is 11.6 Å². The molecule has 0 aliphatic heterocycles. The van der Waals surface area contributed by atoms with Gasteiger partial charge in [0.25, 0.3) is 5.56 Å². The van der Waals surface area contributed by atoms with Gasteiger partial charge in [-0.15, -0.1) is 0 Å². The van der Waals surface area contributed by atoms with Crippen molar-refractivity contribution in [2.45, 2.75) is 20.3 Å². The Morgan fingerprint density at radius 3 is 2.82 bits per heavy atom. The lowest BCUT2D eigenvalue weighted by Crippen LogP contribution is -2.13. The largest absolute Gasteiger partial charge is 0.331 e. The molecule has 0 aliphatic rings. The summed E-state index contributed by atoms with van der Waals surface area (Å²) in [6, 6.07) is 1.55.